The van der Waals surface area contributed by atoms with Gasteiger partial charge in [0.25, 0.3) is 0 Å². The summed E-state index contributed by atoms with van der Waals surface area (Å²) in [5, 5.41) is 10.2. The molecule has 0 rings (SSSR count). The second-order valence-corrected chi connectivity index (χ2v) is 9.16. The molecule has 1 unspecified atom stereocenters. The Labute approximate surface area is 185 Å². The molecule has 0 aliphatic rings. The average Bonchev–Trinajstić information content (AvgIpc) is 2.55. The molecule has 0 spiro atoms. The van der Waals surface area contributed by atoms with Gasteiger partial charge in [-0.2, -0.15) is 0 Å². The van der Waals surface area contributed by atoms with Crippen LogP contribution in [0.15, 0.2) is 0 Å². The summed E-state index contributed by atoms with van der Waals surface area (Å²) in [5.41, 5.74) is 0. The quantitative estimate of drug-likeness (QED) is 0.218. The van der Waals surface area contributed by atoms with E-state index in [1.165, 1.54) is 51.4 Å². The Balaban J connectivity index is 0. The number of hydrogen-bond acceptors (Lipinski definition) is 4. The van der Waals surface area contributed by atoms with Crippen molar-refractivity contribution < 1.29 is 47.6 Å². The molecule has 1 N–H and O–H groups in total. The minimum atomic E-state index is -4.65. The molecule has 0 aliphatic carbocycles. The Morgan fingerprint density at radius 3 is 1.27 bits per heavy atom. The molecule has 0 fully saturated rings. The Morgan fingerprint density at radius 2 is 0.923 bits per heavy atom. The van der Waals surface area contributed by atoms with Gasteiger partial charge < -0.3 is 9.66 Å². The third kappa shape index (κ3) is 14.9. The number of rotatable bonds is 18. The monoisotopic (exact) mass is 400 g/mol. The van der Waals surface area contributed by atoms with E-state index in [1.54, 1.807) is 0 Å². The Kier molecular flexibility index (Phi) is 20.1. The molecular formula is C20H41NaO4S. The van der Waals surface area contributed by atoms with Crippen LogP contribution in [0.4, 0.5) is 0 Å². The maximum Gasteiger partial charge on any atom is 1.00 e. The molecule has 0 aromatic heterocycles. The van der Waals surface area contributed by atoms with Gasteiger partial charge >= 0.3 is 29.6 Å². The van der Waals surface area contributed by atoms with Crippen LogP contribution in [0.2, 0.25) is 0 Å². The summed E-state index contributed by atoms with van der Waals surface area (Å²) in [5.74, 6) is 0. The minimum Gasteiger partial charge on any atom is -0.746 e. The third-order valence-electron chi connectivity index (χ3n) is 5.06. The molecule has 0 aliphatic heterocycles. The van der Waals surface area contributed by atoms with Crippen LogP contribution in [0.25, 0.3) is 0 Å². The van der Waals surface area contributed by atoms with Gasteiger partial charge in [0.2, 0.25) is 0 Å². The third-order valence-corrected chi connectivity index (χ3v) is 6.40. The van der Waals surface area contributed by atoms with E-state index in [9.17, 15) is 18.1 Å². The van der Waals surface area contributed by atoms with Gasteiger partial charge in [0.1, 0.15) is 10.1 Å². The molecule has 4 nitrogen and oxygen atoms in total. The molecule has 0 saturated carbocycles. The van der Waals surface area contributed by atoms with Gasteiger partial charge in [-0.05, 0) is 25.7 Å². The molecule has 26 heavy (non-hydrogen) atoms. The van der Waals surface area contributed by atoms with Crippen LogP contribution < -0.4 is 29.6 Å². The van der Waals surface area contributed by atoms with Gasteiger partial charge in [-0.15, -0.1) is 0 Å². The van der Waals surface area contributed by atoms with E-state index >= 15 is 0 Å². The van der Waals surface area contributed by atoms with Gasteiger partial charge in [0, 0.05) is 0 Å². The fourth-order valence-corrected chi connectivity index (χ4v) is 4.06. The molecular weight excluding hydrogens is 359 g/mol. The molecule has 0 saturated heterocycles. The molecule has 152 valence electrons. The van der Waals surface area contributed by atoms with Crippen molar-refractivity contribution in [2.75, 3.05) is 0 Å². The summed E-state index contributed by atoms with van der Waals surface area (Å²) in [7, 11) is -4.65. The van der Waals surface area contributed by atoms with Crippen LogP contribution in [-0.2, 0) is 10.1 Å². The Bertz CT molecular complexity index is 401. The molecule has 6 heteroatoms. The molecule has 0 aromatic rings. The largest absolute Gasteiger partial charge is 1.00 e. The normalized spacial score (nSPS) is 14.0. The summed E-state index contributed by atoms with van der Waals surface area (Å²) >= 11 is 0. The minimum absolute atomic E-state index is 0. The van der Waals surface area contributed by atoms with Crippen molar-refractivity contribution in [3.63, 3.8) is 0 Å². The summed E-state index contributed by atoms with van der Waals surface area (Å²) in [6, 6.07) is 0. The number of hydrogen-bond donors (Lipinski definition) is 1. The SMILES string of the molecule is CCCCCCCCCCCCCCC(O)(CCCCC)S(=O)(=O)[O-].[Na+]. The van der Waals surface area contributed by atoms with Crippen LogP contribution in [-0.4, -0.2) is 23.0 Å². The fourth-order valence-electron chi connectivity index (χ4n) is 3.27. The average molecular weight is 401 g/mol. The molecule has 0 bridgehead atoms. The molecule has 0 amide bonds. The van der Waals surface area contributed by atoms with Crippen molar-refractivity contribution in [2.24, 2.45) is 0 Å². The van der Waals surface area contributed by atoms with Crippen molar-refractivity contribution in [1.29, 1.82) is 0 Å². The van der Waals surface area contributed by atoms with Crippen LogP contribution >= 0.6 is 0 Å². The van der Waals surface area contributed by atoms with Crippen LogP contribution in [0.3, 0.4) is 0 Å². The van der Waals surface area contributed by atoms with Gasteiger partial charge in [0.15, 0.2) is 4.93 Å². The first-order chi connectivity index (χ1) is 11.9. The smallest absolute Gasteiger partial charge is 0.746 e. The van der Waals surface area contributed by atoms with Crippen molar-refractivity contribution in [3.8, 4) is 0 Å². The zero-order chi connectivity index (χ0) is 19.0. The predicted octanol–water partition coefficient (Wildman–Crippen LogP) is 2.90. The first-order valence-electron chi connectivity index (χ1n) is 10.5. The fraction of sp³-hybridized carbons (Fsp3) is 1.00. The first-order valence-corrected chi connectivity index (χ1v) is 12.0. The Morgan fingerprint density at radius 1 is 0.654 bits per heavy atom. The molecule has 0 radical (unpaired) electrons. The van der Waals surface area contributed by atoms with E-state index in [-0.39, 0.29) is 42.4 Å². The van der Waals surface area contributed by atoms with E-state index in [4.69, 9.17) is 0 Å². The summed E-state index contributed by atoms with van der Waals surface area (Å²) < 4.78 is 34.1. The van der Waals surface area contributed by atoms with E-state index in [0.717, 1.165) is 32.1 Å². The topological polar surface area (TPSA) is 77.4 Å². The van der Waals surface area contributed by atoms with Crippen molar-refractivity contribution in [2.45, 2.75) is 128 Å². The van der Waals surface area contributed by atoms with E-state index in [0.29, 0.717) is 12.8 Å². The number of unbranched alkanes of at least 4 members (excludes halogenated alkanes) is 13. The van der Waals surface area contributed by atoms with E-state index in [2.05, 4.69) is 6.92 Å². The van der Waals surface area contributed by atoms with Crippen molar-refractivity contribution >= 4 is 10.1 Å². The maximum atomic E-state index is 11.4. The van der Waals surface area contributed by atoms with Gasteiger partial charge in [-0.3, -0.25) is 0 Å². The summed E-state index contributed by atoms with van der Waals surface area (Å²) in [4.78, 5) is -2.05. The van der Waals surface area contributed by atoms with Gasteiger partial charge in [-0.25, -0.2) is 8.42 Å². The molecule has 1 atom stereocenters. The summed E-state index contributed by atoms with van der Waals surface area (Å²) in [6.07, 6.45) is 16.8. The number of aliphatic hydroxyl groups is 1. The van der Waals surface area contributed by atoms with Crippen LogP contribution in [0, 0.1) is 0 Å². The zero-order valence-electron chi connectivity index (χ0n) is 17.6. The molecule has 0 aromatic carbocycles. The van der Waals surface area contributed by atoms with E-state index < -0.39 is 15.1 Å². The predicted molar refractivity (Wildman–Crippen MR) is 104 cm³/mol. The van der Waals surface area contributed by atoms with E-state index in [1.807, 2.05) is 6.92 Å². The van der Waals surface area contributed by atoms with Crippen molar-refractivity contribution in [1.82, 2.24) is 0 Å². The second kappa shape index (κ2) is 17.9. The summed E-state index contributed by atoms with van der Waals surface area (Å²) in [6.45, 7) is 4.24. The van der Waals surface area contributed by atoms with Gasteiger partial charge in [-0.1, -0.05) is 97.3 Å². The zero-order valence-corrected chi connectivity index (χ0v) is 20.4. The molecule has 0 heterocycles. The van der Waals surface area contributed by atoms with Gasteiger partial charge in [0.05, 0.1) is 0 Å². The second-order valence-electron chi connectivity index (χ2n) is 7.50. The van der Waals surface area contributed by atoms with Crippen LogP contribution in [0.1, 0.15) is 123 Å². The Hall–Kier alpha value is 0.870. The maximum absolute atomic E-state index is 11.4. The first kappa shape index (κ1) is 29.1. The van der Waals surface area contributed by atoms with Crippen LogP contribution in [0.5, 0.6) is 0 Å². The van der Waals surface area contributed by atoms with Crippen molar-refractivity contribution in [3.05, 3.63) is 0 Å². The standard InChI is InChI=1S/C20H42O4S.Na/c1-3-5-7-8-9-10-11-12-13-14-15-17-19-20(21,25(22,23)24)18-16-6-4-2;/h21H,3-19H2,1-2H3,(H,22,23,24);/q;+1/p-1.